The van der Waals surface area contributed by atoms with Gasteiger partial charge in [-0.15, -0.1) is 0 Å². The van der Waals surface area contributed by atoms with E-state index < -0.39 is 0 Å². The van der Waals surface area contributed by atoms with Gasteiger partial charge in [-0.05, 0) is 30.4 Å². The molecule has 0 aliphatic carbocycles. The largest absolute Gasteiger partial charge is 0.313 e. The van der Waals surface area contributed by atoms with E-state index in [9.17, 15) is 0 Å². The topological polar surface area (TPSA) is 15.3 Å². The molecule has 1 aliphatic heterocycles. The van der Waals surface area contributed by atoms with Gasteiger partial charge in [0.1, 0.15) is 0 Å². The summed E-state index contributed by atoms with van der Waals surface area (Å²) in [4.78, 5) is 2.69. The van der Waals surface area contributed by atoms with Gasteiger partial charge in [0.15, 0.2) is 0 Å². The highest BCUT2D eigenvalue weighted by atomic mass is 15.2. The normalized spacial score (nSPS) is 21.8. The summed E-state index contributed by atoms with van der Waals surface area (Å²) in [6.07, 6.45) is 1.30. The van der Waals surface area contributed by atoms with Crippen molar-refractivity contribution in [2.24, 2.45) is 5.92 Å². The number of nitrogens with one attached hydrogen (secondary N) is 1. The minimum absolute atomic E-state index is 0.573. The van der Waals surface area contributed by atoms with Crippen LogP contribution in [0.15, 0.2) is 30.3 Å². The molecule has 0 radical (unpaired) electrons. The predicted octanol–water partition coefficient (Wildman–Crippen LogP) is 3.50. The number of likely N-dealkylation sites (tertiary alicyclic amines) is 1. The smallest absolute Gasteiger partial charge is 0.0243 e. The van der Waals surface area contributed by atoms with Crippen LogP contribution in [0.3, 0.4) is 0 Å². The summed E-state index contributed by atoms with van der Waals surface area (Å²) in [5, 5.41) is 3.62. The Morgan fingerprint density at radius 3 is 2.45 bits per heavy atom. The Bertz CT molecular complexity index is 386. The molecule has 1 fully saturated rings. The number of rotatable bonds is 6. The molecule has 2 atom stereocenters. The van der Waals surface area contributed by atoms with Gasteiger partial charge in [0.25, 0.3) is 0 Å². The fourth-order valence-electron chi connectivity index (χ4n) is 3.23. The second kappa shape index (κ2) is 7.24. The van der Waals surface area contributed by atoms with Crippen molar-refractivity contribution in [3.05, 3.63) is 35.9 Å². The molecular formula is C18H30N2. The summed E-state index contributed by atoms with van der Waals surface area (Å²) in [6, 6.07) is 12.2. The highest BCUT2D eigenvalue weighted by Gasteiger charge is 2.30. The zero-order valence-electron chi connectivity index (χ0n) is 13.5. The van der Waals surface area contributed by atoms with E-state index in [1.165, 1.54) is 25.1 Å². The standard InChI is InChI=1S/C18H30N2/c1-14(2)18(12-19-15(3)4)20-11-10-17(13-20)16-8-6-5-7-9-16/h5-9,14-15,17-19H,10-13H2,1-4H3. The van der Waals surface area contributed by atoms with E-state index in [0.717, 1.165) is 12.5 Å². The Kier molecular flexibility index (Phi) is 5.62. The Morgan fingerprint density at radius 2 is 1.85 bits per heavy atom. The van der Waals surface area contributed by atoms with Crippen molar-refractivity contribution < 1.29 is 0 Å². The van der Waals surface area contributed by atoms with Gasteiger partial charge in [-0.3, -0.25) is 4.90 Å². The van der Waals surface area contributed by atoms with Crippen molar-refractivity contribution in [3.8, 4) is 0 Å². The maximum absolute atomic E-state index is 3.62. The van der Waals surface area contributed by atoms with Crippen molar-refractivity contribution >= 4 is 0 Å². The SMILES string of the molecule is CC(C)NCC(C(C)C)N1CCC(c2ccccc2)C1. The number of hydrogen-bond acceptors (Lipinski definition) is 2. The zero-order valence-corrected chi connectivity index (χ0v) is 13.5. The van der Waals surface area contributed by atoms with Crippen LogP contribution in [-0.2, 0) is 0 Å². The van der Waals surface area contributed by atoms with Gasteiger partial charge in [-0.25, -0.2) is 0 Å². The lowest BCUT2D eigenvalue weighted by Gasteiger charge is -2.32. The van der Waals surface area contributed by atoms with E-state index in [4.69, 9.17) is 0 Å². The minimum Gasteiger partial charge on any atom is -0.313 e. The molecule has 0 spiro atoms. The molecule has 0 amide bonds. The van der Waals surface area contributed by atoms with Crippen LogP contribution in [0.25, 0.3) is 0 Å². The quantitative estimate of drug-likeness (QED) is 0.854. The molecule has 1 aromatic rings. The molecule has 2 nitrogen and oxygen atoms in total. The fraction of sp³-hybridized carbons (Fsp3) is 0.667. The minimum atomic E-state index is 0.573. The van der Waals surface area contributed by atoms with Crippen LogP contribution in [0.4, 0.5) is 0 Å². The molecule has 1 aromatic carbocycles. The molecular weight excluding hydrogens is 244 g/mol. The highest BCUT2D eigenvalue weighted by molar-refractivity contribution is 5.21. The first-order valence-corrected chi connectivity index (χ1v) is 8.10. The summed E-state index contributed by atoms with van der Waals surface area (Å²) in [7, 11) is 0. The first-order chi connectivity index (χ1) is 9.58. The molecule has 1 aliphatic rings. The monoisotopic (exact) mass is 274 g/mol. The van der Waals surface area contributed by atoms with Gasteiger partial charge in [0.05, 0.1) is 0 Å². The molecule has 1 heterocycles. The van der Waals surface area contributed by atoms with E-state index in [1.807, 2.05) is 0 Å². The number of benzene rings is 1. The number of nitrogens with zero attached hydrogens (tertiary/aromatic N) is 1. The van der Waals surface area contributed by atoms with Crippen molar-refractivity contribution in [1.82, 2.24) is 10.2 Å². The number of hydrogen-bond donors (Lipinski definition) is 1. The van der Waals surface area contributed by atoms with Crippen molar-refractivity contribution in [2.75, 3.05) is 19.6 Å². The molecule has 2 heteroatoms. The highest BCUT2D eigenvalue weighted by Crippen LogP contribution is 2.29. The maximum Gasteiger partial charge on any atom is 0.0243 e. The van der Waals surface area contributed by atoms with Crippen LogP contribution >= 0.6 is 0 Å². The van der Waals surface area contributed by atoms with Crippen LogP contribution in [-0.4, -0.2) is 36.6 Å². The zero-order chi connectivity index (χ0) is 14.5. The summed E-state index contributed by atoms with van der Waals surface area (Å²) in [5.74, 6) is 1.42. The van der Waals surface area contributed by atoms with Gasteiger partial charge < -0.3 is 5.32 Å². The Morgan fingerprint density at radius 1 is 1.15 bits per heavy atom. The lowest BCUT2D eigenvalue weighted by Crippen LogP contribution is -2.46. The van der Waals surface area contributed by atoms with Gasteiger partial charge in [-0.2, -0.15) is 0 Å². The molecule has 0 bridgehead atoms. The van der Waals surface area contributed by atoms with Crippen molar-refractivity contribution in [1.29, 1.82) is 0 Å². The first kappa shape index (κ1) is 15.5. The Hall–Kier alpha value is -0.860. The van der Waals surface area contributed by atoms with E-state index in [2.05, 4.69) is 68.2 Å². The summed E-state index contributed by atoms with van der Waals surface area (Å²) in [6.45, 7) is 12.7. The van der Waals surface area contributed by atoms with Gasteiger partial charge in [0, 0.05) is 25.2 Å². The van der Waals surface area contributed by atoms with Crippen LogP contribution in [0.5, 0.6) is 0 Å². The Labute approximate surface area is 124 Å². The van der Waals surface area contributed by atoms with Crippen LogP contribution in [0.2, 0.25) is 0 Å². The third-order valence-corrected chi connectivity index (χ3v) is 4.46. The average Bonchev–Trinajstić information content (AvgIpc) is 2.89. The van der Waals surface area contributed by atoms with E-state index in [-0.39, 0.29) is 0 Å². The second-order valence-corrected chi connectivity index (χ2v) is 6.77. The van der Waals surface area contributed by atoms with E-state index in [1.54, 1.807) is 0 Å². The summed E-state index contributed by atoms with van der Waals surface area (Å²) < 4.78 is 0. The van der Waals surface area contributed by atoms with Gasteiger partial charge in [-0.1, -0.05) is 58.0 Å². The van der Waals surface area contributed by atoms with Crippen molar-refractivity contribution in [3.63, 3.8) is 0 Å². The summed E-state index contributed by atoms with van der Waals surface area (Å²) >= 11 is 0. The fourth-order valence-corrected chi connectivity index (χ4v) is 3.23. The first-order valence-electron chi connectivity index (χ1n) is 8.10. The van der Waals surface area contributed by atoms with Crippen LogP contribution in [0.1, 0.15) is 45.6 Å². The Balaban J connectivity index is 1.95. The maximum atomic E-state index is 3.62. The molecule has 0 aromatic heterocycles. The van der Waals surface area contributed by atoms with Crippen molar-refractivity contribution in [2.45, 2.75) is 52.1 Å². The lowest BCUT2D eigenvalue weighted by atomic mass is 9.98. The van der Waals surface area contributed by atoms with E-state index >= 15 is 0 Å². The molecule has 2 rings (SSSR count). The molecule has 0 saturated carbocycles. The summed E-state index contributed by atoms with van der Waals surface area (Å²) in [5.41, 5.74) is 1.51. The van der Waals surface area contributed by atoms with Gasteiger partial charge >= 0.3 is 0 Å². The molecule has 20 heavy (non-hydrogen) atoms. The van der Waals surface area contributed by atoms with Crippen LogP contribution < -0.4 is 5.32 Å². The van der Waals surface area contributed by atoms with Crippen LogP contribution in [0, 0.1) is 5.92 Å². The third-order valence-electron chi connectivity index (χ3n) is 4.46. The molecule has 112 valence electrons. The molecule has 1 saturated heterocycles. The average molecular weight is 274 g/mol. The molecule has 2 unspecified atom stereocenters. The lowest BCUT2D eigenvalue weighted by molar-refractivity contribution is 0.181. The third kappa shape index (κ3) is 4.07. The van der Waals surface area contributed by atoms with E-state index in [0.29, 0.717) is 18.0 Å². The predicted molar refractivity (Wildman–Crippen MR) is 87.1 cm³/mol. The molecule has 1 N–H and O–H groups in total. The second-order valence-electron chi connectivity index (χ2n) is 6.77. The van der Waals surface area contributed by atoms with Gasteiger partial charge in [0.2, 0.25) is 0 Å².